The third-order valence-corrected chi connectivity index (χ3v) is 4.02. The lowest BCUT2D eigenvalue weighted by Crippen LogP contribution is -2.41. The number of rotatable bonds is 5. The van der Waals surface area contributed by atoms with E-state index >= 15 is 0 Å². The lowest BCUT2D eigenvalue weighted by Gasteiger charge is -2.21. The minimum atomic E-state index is -0.450. The molecule has 0 bridgehead atoms. The Bertz CT molecular complexity index is 547. The van der Waals surface area contributed by atoms with Crippen molar-refractivity contribution in [2.24, 2.45) is 0 Å². The maximum absolute atomic E-state index is 12.2. The van der Waals surface area contributed by atoms with Gasteiger partial charge in [-0.25, -0.2) is 0 Å². The number of carbonyl (C=O) groups is 1. The Balaban J connectivity index is 2.12. The van der Waals surface area contributed by atoms with Crippen molar-refractivity contribution in [3.05, 3.63) is 23.3 Å². The predicted octanol–water partition coefficient (Wildman–Crippen LogP) is 0.912. The van der Waals surface area contributed by atoms with Crippen LogP contribution in [0.2, 0.25) is 0 Å². The molecule has 3 atom stereocenters. The molecular formula is C16H24N2O4. The number of hydrogen-bond donors (Lipinski definition) is 3. The smallest absolute Gasteiger partial charge is 0.237 e. The summed E-state index contributed by atoms with van der Waals surface area (Å²) in [5.41, 5.74) is 1.99. The number of hydrogen-bond acceptors (Lipinski definition) is 5. The Morgan fingerprint density at radius 2 is 2.00 bits per heavy atom. The molecule has 1 fully saturated rings. The molecule has 122 valence electrons. The summed E-state index contributed by atoms with van der Waals surface area (Å²) in [6.07, 6.45) is -0.00223. The van der Waals surface area contributed by atoms with Gasteiger partial charge in [0.15, 0.2) is 11.5 Å². The third-order valence-electron chi connectivity index (χ3n) is 4.02. The first kappa shape index (κ1) is 16.6. The average molecular weight is 308 g/mol. The van der Waals surface area contributed by atoms with Crippen molar-refractivity contribution in [2.75, 3.05) is 20.8 Å². The highest BCUT2D eigenvalue weighted by atomic mass is 16.5. The van der Waals surface area contributed by atoms with E-state index in [-0.39, 0.29) is 18.0 Å². The molecule has 3 N–H and O–H groups in total. The Hall–Kier alpha value is -1.79. The van der Waals surface area contributed by atoms with Gasteiger partial charge in [0.25, 0.3) is 0 Å². The zero-order chi connectivity index (χ0) is 16.3. The fourth-order valence-corrected chi connectivity index (χ4v) is 2.77. The van der Waals surface area contributed by atoms with E-state index in [1.807, 2.05) is 26.0 Å². The van der Waals surface area contributed by atoms with Gasteiger partial charge in [-0.1, -0.05) is 0 Å². The Morgan fingerprint density at radius 3 is 2.55 bits per heavy atom. The highest BCUT2D eigenvalue weighted by molar-refractivity contribution is 5.82. The van der Waals surface area contributed by atoms with Crippen LogP contribution in [0.4, 0.5) is 0 Å². The second-order valence-corrected chi connectivity index (χ2v) is 5.64. The lowest BCUT2D eigenvalue weighted by atomic mass is 10.0. The summed E-state index contributed by atoms with van der Waals surface area (Å²) >= 11 is 0. The highest BCUT2D eigenvalue weighted by Gasteiger charge is 2.29. The van der Waals surface area contributed by atoms with E-state index in [0.29, 0.717) is 24.5 Å². The number of carbonyl (C=O) groups excluding carboxylic acids is 1. The van der Waals surface area contributed by atoms with Gasteiger partial charge >= 0.3 is 0 Å². The van der Waals surface area contributed by atoms with Gasteiger partial charge in [0.2, 0.25) is 5.91 Å². The van der Waals surface area contributed by atoms with Crippen molar-refractivity contribution in [1.29, 1.82) is 0 Å². The number of aliphatic hydroxyl groups excluding tert-OH is 1. The topological polar surface area (TPSA) is 79.8 Å². The zero-order valence-corrected chi connectivity index (χ0v) is 13.5. The second kappa shape index (κ2) is 6.98. The molecule has 6 nitrogen and oxygen atoms in total. The van der Waals surface area contributed by atoms with Crippen LogP contribution in [0.1, 0.15) is 30.5 Å². The molecule has 1 heterocycles. The molecular weight excluding hydrogens is 284 g/mol. The standard InChI is InChI=1S/C16H24N2O4/c1-9-5-14(21-3)15(22-4)7-12(9)10(2)18-16(20)13-6-11(19)8-17-13/h5,7,10-11,13,17,19H,6,8H2,1-4H3,(H,18,20)/t10-,11-,13+/m0/s1. The van der Waals surface area contributed by atoms with Crippen LogP contribution in [0.15, 0.2) is 12.1 Å². The third kappa shape index (κ3) is 3.51. The number of methoxy groups -OCH3 is 2. The van der Waals surface area contributed by atoms with Crippen LogP contribution in [0.25, 0.3) is 0 Å². The molecule has 0 radical (unpaired) electrons. The fraction of sp³-hybridized carbons (Fsp3) is 0.562. The van der Waals surface area contributed by atoms with Crippen LogP contribution in [0.5, 0.6) is 11.5 Å². The van der Waals surface area contributed by atoms with Crippen molar-refractivity contribution >= 4 is 5.91 Å². The first-order valence-corrected chi connectivity index (χ1v) is 7.40. The quantitative estimate of drug-likeness (QED) is 0.753. The SMILES string of the molecule is COc1cc(C)c([C@H](C)NC(=O)[C@H]2C[C@H](O)CN2)cc1OC. The molecule has 22 heavy (non-hydrogen) atoms. The summed E-state index contributed by atoms with van der Waals surface area (Å²) in [6.45, 7) is 4.36. The number of benzene rings is 1. The number of nitrogens with one attached hydrogen (secondary N) is 2. The number of aliphatic hydroxyl groups is 1. The molecule has 1 saturated heterocycles. The van der Waals surface area contributed by atoms with Crippen LogP contribution in [-0.2, 0) is 4.79 Å². The largest absolute Gasteiger partial charge is 0.493 e. The van der Waals surface area contributed by atoms with Gasteiger partial charge in [-0.2, -0.15) is 0 Å². The van der Waals surface area contributed by atoms with E-state index < -0.39 is 6.10 Å². The van der Waals surface area contributed by atoms with Gasteiger partial charge in [0.1, 0.15) is 0 Å². The van der Waals surface area contributed by atoms with Crippen molar-refractivity contribution in [2.45, 2.75) is 38.5 Å². The average Bonchev–Trinajstić information content (AvgIpc) is 2.93. The molecule has 1 aromatic rings. The minimum Gasteiger partial charge on any atom is -0.493 e. The zero-order valence-electron chi connectivity index (χ0n) is 13.5. The molecule has 6 heteroatoms. The van der Waals surface area contributed by atoms with E-state index in [0.717, 1.165) is 11.1 Å². The molecule has 0 aromatic heterocycles. The summed E-state index contributed by atoms with van der Waals surface area (Å²) in [5.74, 6) is 1.21. The van der Waals surface area contributed by atoms with Crippen LogP contribution in [-0.4, -0.2) is 43.9 Å². The van der Waals surface area contributed by atoms with Crippen molar-refractivity contribution in [3.63, 3.8) is 0 Å². The molecule has 0 saturated carbocycles. The summed E-state index contributed by atoms with van der Waals surface area (Å²) in [5, 5.41) is 15.5. The fourth-order valence-electron chi connectivity index (χ4n) is 2.77. The van der Waals surface area contributed by atoms with E-state index in [1.165, 1.54) is 0 Å². The van der Waals surface area contributed by atoms with Crippen LogP contribution in [0, 0.1) is 6.92 Å². The van der Waals surface area contributed by atoms with Crippen molar-refractivity contribution < 1.29 is 19.4 Å². The van der Waals surface area contributed by atoms with Gasteiger partial charge < -0.3 is 25.2 Å². The maximum atomic E-state index is 12.2. The van der Waals surface area contributed by atoms with Crippen molar-refractivity contribution in [1.82, 2.24) is 10.6 Å². The first-order valence-electron chi connectivity index (χ1n) is 7.40. The van der Waals surface area contributed by atoms with E-state index in [9.17, 15) is 9.90 Å². The number of β-amino-alcohol motifs (C(OH)–C–C–N with tert-alkyl or cyclic N) is 1. The Kier molecular flexibility index (Phi) is 5.26. The molecule has 2 rings (SSSR count). The van der Waals surface area contributed by atoms with Crippen LogP contribution >= 0.6 is 0 Å². The monoisotopic (exact) mass is 308 g/mol. The van der Waals surface area contributed by atoms with Gasteiger partial charge in [-0.05, 0) is 43.5 Å². The van der Waals surface area contributed by atoms with Gasteiger partial charge in [0, 0.05) is 6.54 Å². The summed E-state index contributed by atoms with van der Waals surface area (Å²) in [7, 11) is 3.18. The Labute approximate surface area is 130 Å². The molecule has 1 aromatic carbocycles. The predicted molar refractivity (Wildman–Crippen MR) is 83.3 cm³/mol. The minimum absolute atomic E-state index is 0.0989. The van der Waals surface area contributed by atoms with Gasteiger partial charge in [0.05, 0.1) is 32.4 Å². The number of aryl methyl sites for hydroxylation is 1. The number of ether oxygens (including phenoxy) is 2. The van der Waals surface area contributed by atoms with Gasteiger partial charge in [-0.15, -0.1) is 0 Å². The molecule has 0 aliphatic carbocycles. The maximum Gasteiger partial charge on any atom is 0.237 e. The molecule has 1 aliphatic rings. The van der Waals surface area contributed by atoms with E-state index in [4.69, 9.17) is 9.47 Å². The molecule has 0 spiro atoms. The van der Waals surface area contributed by atoms with Crippen LogP contribution in [0.3, 0.4) is 0 Å². The summed E-state index contributed by atoms with van der Waals surface area (Å²) in [4.78, 5) is 12.2. The summed E-state index contributed by atoms with van der Waals surface area (Å²) in [6, 6.07) is 3.29. The van der Waals surface area contributed by atoms with E-state index in [1.54, 1.807) is 14.2 Å². The Morgan fingerprint density at radius 1 is 1.36 bits per heavy atom. The van der Waals surface area contributed by atoms with Gasteiger partial charge in [-0.3, -0.25) is 4.79 Å². The lowest BCUT2D eigenvalue weighted by molar-refractivity contribution is -0.123. The number of amides is 1. The summed E-state index contributed by atoms with van der Waals surface area (Å²) < 4.78 is 10.6. The molecule has 1 aliphatic heterocycles. The molecule has 1 amide bonds. The normalized spacial score (nSPS) is 22.2. The van der Waals surface area contributed by atoms with Crippen LogP contribution < -0.4 is 20.1 Å². The highest BCUT2D eigenvalue weighted by Crippen LogP contribution is 2.32. The first-order chi connectivity index (χ1) is 10.5. The molecule has 0 unspecified atom stereocenters. The van der Waals surface area contributed by atoms with Crippen molar-refractivity contribution in [3.8, 4) is 11.5 Å². The van der Waals surface area contributed by atoms with E-state index in [2.05, 4.69) is 10.6 Å². The second-order valence-electron chi connectivity index (χ2n) is 5.64.